The number of para-hydroxylation sites is 1. The fourth-order valence-corrected chi connectivity index (χ4v) is 4.03. The molecule has 1 N–H and O–H groups in total. The molecule has 0 amide bonds. The molecule has 0 radical (unpaired) electrons. The van der Waals surface area contributed by atoms with Gasteiger partial charge in [-0.25, -0.2) is 8.42 Å². The highest BCUT2D eigenvalue weighted by Gasteiger charge is 2.22. The number of hydrogen-bond acceptors (Lipinski definition) is 2. The summed E-state index contributed by atoms with van der Waals surface area (Å²) in [6, 6.07) is 15.5. The number of fused-ring (bicyclic) bond motifs is 1. The molecule has 0 spiro atoms. The summed E-state index contributed by atoms with van der Waals surface area (Å²) in [6.07, 6.45) is 3.88. The van der Waals surface area contributed by atoms with E-state index >= 15 is 0 Å². The van der Waals surface area contributed by atoms with Gasteiger partial charge in [-0.05, 0) is 48.1 Å². The first kappa shape index (κ1) is 14.9. The molecule has 2 aromatic carbocycles. The Morgan fingerprint density at radius 1 is 1.00 bits per heavy atom. The maximum absolute atomic E-state index is 12.7. The van der Waals surface area contributed by atoms with Gasteiger partial charge in [0.05, 0.1) is 10.6 Å². The lowest BCUT2D eigenvalue weighted by atomic mass is 9.98. The van der Waals surface area contributed by atoms with Crippen molar-refractivity contribution in [2.24, 2.45) is 0 Å². The minimum absolute atomic E-state index is 0.456. The van der Waals surface area contributed by atoms with Gasteiger partial charge in [0.1, 0.15) is 0 Å². The van der Waals surface area contributed by atoms with Crippen molar-refractivity contribution < 1.29 is 8.42 Å². The zero-order valence-corrected chi connectivity index (χ0v) is 13.4. The molecule has 3 rings (SSSR count). The van der Waals surface area contributed by atoms with Crippen LogP contribution in [-0.2, 0) is 22.9 Å². The Hall–Kier alpha value is -2.07. The van der Waals surface area contributed by atoms with Gasteiger partial charge in [0, 0.05) is 0 Å². The zero-order chi connectivity index (χ0) is 15.6. The lowest BCUT2D eigenvalue weighted by molar-refractivity contribution is 0.605. The third-order valence-electron chi connectivity index (χ3n) is 4.00. The number of rotatable bonds is 4. The van der Waals surface area contributed by atoms with Crippen LogP contribution in [0.25, 0.3) is 6.08 Å². The quantitative estimate of drug-likeness (QED) is 0.928. The van der Waals surface area contributed by atoms with Gasteiger partial charge in [0.15, 0.2) is 0 Å². The van der Waals surface area contributed by atoms with E-state index in [9.17, 15) is 8.42 Å². The molecule has 22 heavy (non-hydrogen) atoms. The normalized spacial score (nSPS) is 14.1. The van der Waals surface area contributed by atoms with E-state index in [1.54, 1.807) is 6.08 Å². The van der Waals surface area contributed by atoms with Crippen LogP contribution in [0.15, 0.2) is 53.4 Å². The molecule has 0 saturated heterocycles. The second-order valence-corrected chi connectivity index (χ2v) is 7.16. The molecule has 0 aliphatic heterocycles. The summed E-state index contributed by atoms with van der Waals surface area (Å²) in [5.74, 6) is 0. The number of allylic oxidation sites excluding steroid dienone is 1. The lowest BCUT2D eigenvalue weighted by Gasteiger charge is -2.18. The topological polar surface area (TPSA) is 46.2 Å². The van der Waals surface area contributed by atoms with Crippen LogP contribution in [0.4, 0.5) is 5.69 Å². The fraction of sp³-hybridized carbons (Fsp3) is 0.222. The van der Waals surface area contributed by atoms with Crippen molar-refractivity contribution in [3.8, 4) is 0 Å². The Morgan fingerprint density at radius 3 is 2.55 bits per heavy atom. The van der Waals surface area contributed by atoms with Crippen molar-refractivity contribution in [2.45, 2.75) is 26.2 Å². The number of aryl methyl sites for hydroxylation is 2. The Bertz CT molecular complexity index is 822. The Morgan fingerprint density at radius 2 is 1.73 bits per heavy atom. The third-order valence-corrected chi connectivity index (χ3v) is 5.50. The van der Waals surface area contributed by atoms with E-state index in [1.165, 1.54) is 5.56 Å². The van der Waals surface area contributed by atoms with Crippen molar-refractivity contribution in [3.63, 3.8) is 0 Å². The van der Waals surface area contributed by atoms with E-state index in [0.29, 0.717) is 17.0 Å². The van der Waals surface area contributed by atoms with E-state index in [0.717, 1.165) is 24.0 Å². The molecule has 4 heteroatoms. The van der Waals surface area contributed by atoms with E-state index in [4.69, 9.17) is 0 Å². The van der Waals surface area contributed by atoms with Crippen LogP contribution in [-0.4, -0.2) is 8.42 Å². The second kappa shape index (κ2) is 5.97. The average molecular weight is 313 g/mol. The van der Waals surface area contributed by atoms with Crippen molar-refractivity contribution in [3.05, 3.63) is 70.1 Å². The lowest BCUT2D eigenvalue weighted by Crippen LogP contribution is -2.18. The number of nitrogens with one attached hydrogen (secondary N) is 1. The van der Waals surface area contributed by atoms with E-state index < -0.39 is 10.0 Å². The molecule has 3 nitrogen and oxygen atoms in total. The van der Waals surface area contributed by atoms with Gasteiger partial charge in [-0.1, -0.05) is 49.4 Å². The van der Waals surface area contributed by atoms with E-state index in [1.807, 2.05) is 49.4 Å². The molecule has 1 aliphatic rings. The molecule has 114 valence electrons. The van der Waals surface area contributed by atoms with Crippen LogP contribution < -0.4 is 4.72 Å². The van der Waals surface area contributed by atoms with E-state index in [-0.39, 0.29) is 0 Å². The maximum Gasteiger partial charge on any atom is 0.258 e. The van der Waals surface area contributed by atoms with Crippen molar-refractivity contribution in [1.82, 2.24) is 0 Å². The molecule has 0 fully saturated rings. The molecule has 0 aromatic heterocycles. The van der Waals surface area contributed by atoms with Crippen molar-refractivity contribution in [2.75, 3.05) is 4.72 Å². The van der Waals surface area contributed by atoms with Crippen molar-refractivity contribution >= 4 is 21.8 Å². The van der Waals surface area contributed by atoms with Gasteiger partial charge < -0.3 is 0 Å². The average Bonchev–Trinajstić information content (AvgIpc) is 2.54. The van der Waals surface area contributed by atoms with Crippen LogP contribution in [0, 0.1) is 0 Å². The van der Waals surface area contributed by atoms with Crippen LogP contribution in [0.3, 0.4) is 0 Å². The summed E-state index contributed by atoms with van der Waals surface area (Å²) in [4.78, 5) is 0.456. The number of benzene rings is 2. The monoisotopic (exact) mass is 313 g/mol. The van der Waals surface area contributed by atoms with Gasteiger partial charge in [0.2, 0.25) is 0 Å². The smallest absolute Gasteiger partial charge is 0.258 e. The van der Waals surface area contributed by atoms with Gasteiger partial charge in [-0.3, -0.25) is 4.72 Å². The Balaban J connectivity index is 1.93. The summed E-state index contributed by atoms with van der Waals surface area (Å²) in [5, 5.41) is 0. The third kappa shape index (κ3) is 2.92. The van der Waals surface area contributed by atoms with Gasteiger partial charge in [-0.15, -0.1) is 0 Å². The molecule has 2 aromatic rings. The largest absolute Gasteiger partial charge is 0.280 e. The molecule has 0 saturated carbocycles. The minimum Gasteiger partial charge on any atom is -0.280 e. The fourth-order valence-electron chi connectivity index (χ4n) is 2.76. The number of sulfonamides is 1. The highest BCUT2D eigenvalue weighted by molar-refractivity contribution is 7.96. The molecule has 1 aliphatic carbocycles. The van der Waals surface area contributed by atoms with Gasteiger partial charge in [-0.2, -0.15) is 0 Å². The van der Waals surface area contributed by atoms with Crippen LogP contribution in [0.1, 0.15) is 30.0 Å². The highest BCUT2D eigenvalue weighted by atomic mass is 32.2. The van der Waals surface area contributed by atoms with E-state index in [2.05, 4.69) is 10.8 Å². The van der Waals surface area contributed by atoms with Crippen LogP contribution in [0.2, 0.25) is 0 Å². The number of hydrogen-bond donors (Lipinski definition) is 1. The number of anilines is 1. The maximum atomic E-state index is 12.7. The highest BCUT2D eigenvalue weighted by Crippen LogP contribution is 2.28. The SMILES string of the molecule is CCc1ccccc1NS(=O)(=O)C1=Cc2ccccc2CC1. The standard InChI is InChI=1S/C18H19NO2S/c1-2-14-7-5-6-10-18(14)19-22(20,21)17-12-11-15-8-3-4-9-16(15)13-17/h3-10,13,19H,2,11-12H2,1H3. The first-order valence-corrected chi connectivity index (χ1v) is 8.97. The van der Waals surface area contributed by atoms with Crippen LogP contribution >= 0.6 is 0 Å². The van der Waals surface area contributed by atoms with Gasteiger partial charge in [0.25, 0.3) is 10.0 Å². The summed E-state index contributed by atoms with van der Waals surface area (Å²) >= 11 is 0. The second-order valence-electron chi connectivity index (χ2n) is 5.43. The zero-order valence-electron chi connectivity index (χ0n) is 12.5. The summed E-state index contributed by atoms with van der Waals surface area (Å²) in [7, 11) is -3.50. The first-order valence-electron chi connectivity index (χ1n) is 7.49. The van der Waals surface area contributed by atoms with Crippen molar-refractivity contribution in [1.29, 1.82) is 0 Å². The van der Waals surface area contributed by atoms with Crippen LogP contribution in [0.5, 0.6) is 0 Å². The summed E-state index contributed by atoms with van der Waals surface area (Å²) in [5.41, 5.74) is 3.88. The Labute approximate surface area is 131 Å². The minimum atomic E-state index is -3.50. The molecular formula is C18H19NO2S. The molecule has 0 heterocycles. The summed E-state index contributed by atoms with van der Waals surface area (Å²) < 4.78 is 28.0. The molecule has 0 bridgehead atoms. The predicted molar refractivity (Wildman–Crippen MR) is 91.1 cm³/mol. The summed E-state index contributed by atoms with van der Waals surface area (Å²) in [6.45, 7) is 2.02. The molecule has 0 atom stereocenters. The Kier molecular flexibility index (Phi) is 4.03. The first-order chi connectivity index (χ1) is 10.6. The molecular weight excluding hydrogens is 294 g/mol. The predicted octanol–water partition coefficient (Wildman–Crippen LogP) is 3.98. The van der Waals surface area contributed by atoms with Gasteiger partial charge >= 0.3 is 0 Å². The molecule has 0 unspecified atom stereocenters.